The molecule has 0 spiro atoms. The van der Waals surface area contributed by atoms with Crippen LogP contribution >= 0.6 is 0 Å². The van der Waals surface area contributed by atoms with Crippen LogP contribution in [-0.4, -0.2) is 71.8 Å². The van der Waals surface area contributed by atoms with Crippen LogP contribution < -0.4 is 14.2 Å². The summed E-state index contributed by atoms with van der Waals surface area (Å²) in [4.78, 5) is 6.25. The highest BCUT2D eigenvalue weighted by atomic mass is 16.5. The number of hydrogen-bond donors (Lipinski definition) is 1. The maximum atomic E-state index is 11.2. The molecule has 2 heterocycles. The van der Waals surface area contributed by atoms with E-state index in [1.165, 1.54) is 5.56 Å². The minimum absolute atomic E-state index is 0.167. The van der Waals surface area contributed by atoms with Gasteiger partial charge in [0.15, 0.2) is 11.5 Å². The number of aromatic nitrogens is 2. The summed E-state index contributed by atoms with van der Waals surface area (Å²) in [5.41, 5.74) is 1.15. The number of nitrogens with zero attached hydrogens (tertiary/aromatic N) is 3. The minimum Gasteiger partial charge on any atom is -0.493 e. The van der Waals surface area contributed by atoms with Crippen molar-refractivity contribution in [1.29, 1.82) is 0 Å². The number of imidazole rings is 1. The van der Waals surface area contributed by atoms with Crippen LogP contribution in [0.1, 0.15) is 17.5 Å². The van der Waals surface area contributed by atoms with Crippen molar-refractivity contribution in [3.05, 3.63) is 72.3 Å². The lowest BCUT2D eigenvalue weighted by Crippen LogP contribution is -2.48. The molecule has 188 valence electrons. The molecule has 1 aliphatic heterocycles. The second-order valence-electron chi connectivity index (χ2n) is 9.08. The molecule has 1 unspecified atom stereocenters. The zero-order chi connectivity index (χ0) is 24.5. The molecule has 2 aromatic carbocycles. The quantitative estimate of drug-likeness (QED) is 0.421. The highest BCUT2D eigenvalue weighted by Crippen LogP contribution is 2.29. The number of ether oxygens (including phenoxy) is 4. The Kier molecular flexibility index (Phi) is 8.63. The van der Waals surface area contributed by atoms with Gasteiger partial charge in [0.25, 0.3) is 0 Å². The predicted molar refractivity (Wildman–Crippen MR) is 133 cm³/mol. The molecule has 4 rings (SSSR count). The molecular formula is C27H35N3O5. The lowest BCUT2D eigenvalue weighted by molar-refractivity contribution is -0.0646. The van der Waals surface area contributed by atoms with Gasteiger partial charge >= 0.3 is 0 Å². The van der Waals surface area contributed by atoms with Crippen molar-refractivity contribution >= 4 is 0 Å². The molecule has 0 amide bonds. The normalized spacial score (nSPS) is 18.7. The topological polar surface area (TPSA) is 78.2 Å². The number of rotatable bonds is 11. The minimum atomic E-state index is -1.10. The number of β-amino-alcohol motifs (C(OH)–C–C–N with tert-alkyl or cyclic N) is 1. The summed E-state index contributed by atoms with van der Waals surface area (Å²) in [6.07, 6.45) is 6.39. The van der Waals surface area contributed by atoms with Gasteiger partial charge in [-0.3, -0.25) is 4.90 Å². The Bertz CT molecular complexity index is 1040. The zero-order valence-electron chi connectivity index (χ0n) is 20.6. The van der Waals surface area contributed by atoms with Gasteiger partial charge in [-0.25, -0.2) is 4.98 Å². The smallest absolute Gasteiger partial charge is 0.161 e. The summed E-state index contributed by atoms with van der Waals surface area (Å²) in [6, 6.07) is 13.8. The fourth-order valence-electron chi connectivity index (χ4n) is 4.11. The zero-order valence-corrected chi connectivity index (χ0v) is 20.6. The Morgan fingerprint density at radius 1 is 1.11 bits per heavy atom. The fourth-order valence-corrected chi connectivity index (χ4v) is 4.11. The lowest BCUT2D eigenvalue weighted by Gasteiger charge is -2.30. The van der Waals surface area contributed by atoms with Crippen molar-refractivity contribution < 1.29 is 24.1 Å². The average molecular weight is 482 g/mol. The molecule has 0 saturated carbocycles. The molecular weight excluding hydrogens is 446 g/mol. The Hall–Kier alpha value is -3.07. The highest BCUT2D eigenvalue weighted by Gasteiger charge is 2.33. The van der Waals surface area contributed by atoms with Crippen LogP contribution in [0, 0.1) is 6.92 Å². The SMILES string of the molecule is COc1ccc(CN2CCOCC(O)(COc3ccc(C)cc3)C2)cc1OCCCn1ccnc1. The largest absolute Gasteiger partial charge is 0.493 e. The molecule has 1 atom stereocenters. The van der Waals surface area contributed by atoms with Gasteiger partial charge in [0, 0.05) is 38.6 Å². The first-order valence-electron chi connectivity index (χ1n) is 12.0. The molecule has 0 radical (unpaired) electrons. The summed E-state index contributed by atoms with van der Waals surface area (Å²) in [7, 11) is 1.65. The summed E-state index contributed by atoms with van der Waals surface area (Å²) >= 11 is 0. The third-order valence-corrected chi connectivity index (χ3v) is 5.98. The predicted octanol–water partition coefficient (Wildman–Crippen LogP) is 3.31. The Morgan fingerprint density at radius 2 is 1.97 bits per heavy atom. The fraction of sp³-hybridized carbons (Fsp3) is 0.444. The number of benzene rings is 2. The third kappa shape index (κ3) is 7.45. The van der Waals surface area contributed by atoms with Gasteiger partial charge in [-0.2, -0.15) is 0 Å². The molecule has 35 heavy (non-hydrogen) atoms. The van der Waals surface area contributed by atoms with E-state index in [1.54, 1.807) is 19.6 Å². The number of hydrogen-bond acceptors (Lipinski definition) is 7. The van der Waals surface area contributed by atoms with Crippen LogP contribution in [0.2, 0.25) is 0 Å². The van der Waals surface area contributed by atoms with E-state index in [0.717, 1.165) is 36.6 Å². The van der Waals surface area contributed by atoms with Crippen LogP contribution in [0.4, 0.5) is 0 Å². The molecule has 8 nitrogen and oxygen atoms in total. The van der Waals surface area contributed by atoms with E-state index in [9.17, 15) is 5.11 Å². The monoisotopic (exact) mass is 481 g/mol. The van der Waals surface area contributed by atoms with Gasteiger partial charge in [-0.05, 0) is 43.2 Å². The van der Waals surface area contributed by atoms with E-state index in [1.807, 2.05) is 60.2 Å². The average Bonchev–Trinajstić information content (AvgIpc) is 3.31. The number of aryl methyl sites for hydroxylation is 2. The molecule has 1 aliphatic rings. The van der Waals surface area contributed by atoms with E-state index < -0.39 is 5.60 Å². The van der Waals surface area contributed by atoms with Crippen molar-refractivity contribution in [3.63, 3.8) is 0 Å². The molecule has 1 N–H and O–H groups in total. The summed E-state index contributed by atoms with van der Waals surface area (Å²) in [6.45, 7) is 6.25. The van der Waals surface area contributed by atoms with Gasteiger partial charge < -0.3 is 28.6 Å². The van der Waals surface area contributed by atoms with Gasteiger partial charge in [-0.15, -0.1) is 0 Å². The van der Waals surface area contributed by atoms with Crippen molar-refractivity contribution in [3.8, 4) is 17.2 Å². The van der Waals surface area contributed by atoms with Crippen LogP contribution in [0.25, 0.3) is 0 Å². The maximum absolute atomic E-state index is 11.2. The van der Waals surface area contributed by atoms with Crippen LogP contribution in [0.15, 0.2) is 61.2 Å². The van der Waals surface area contributed by atoms with Gasteiger partial charge in [0.1, 0.15) is 18.0 Å². The van der Waals surface area contributed by atoms with E-state index in [2.05, 4.69) is 9.88 Å². The van der Waals surface area contributed by atoms with Crippen molar-refractivity contribution in [2.24, 2.45) is 0 Å². The van der Waals surface area contributed by atoms with Crippen molar-refractivity contribution in [1.82, 2.24) is 14.5 Å². The van der Waals surface area contributed by atoms with Crippen molar-refractivity contribution in [2.75, 3.05) is 46.6 Å². The second-order valence-corrected chi connectivity index (χ2v) is 9.08. The molecule has 1 fully saturated rings. The van der Waals surface area contributed by atoms with Crippen LogP contribution in [0.5, 0.6) is 17.2 Å². The summed E-state index contributed by atoms with van der Waals surface area (Å²) in [5, 5.41) is 11.2. The van der Waals surface area contributed by atoms with E-state index in [-0.39, 0.29) is 13.2 Å². The molecule has 1 saturated heterocycles. The van der Waals surface area contributed by atoms with Gasteiger partial charge in [0.2, 0.25) is 0 Å². The molecule has 8 heteroatoms. The maximum Gasteiger partial charge on any atom is 0.161 e. The highest BCUT2D eigenvalue weighted by molar-refractivity contribution is 5.43. The first-order valence-corrected chi connectivity index (χ1v) is 12.0. The van der Waals surface area contributed by atoms with Gasteiger partial charge in [0.05, 0.1) is 33.3 Å². The van der Waals surface area contributed by atoms with E-state index in [0.29, 0.717) is 32.1 Å². The van der Waals surface area contributed by atoms with E-state index in [4.69, 9.17) is 18.9 Å². The van der Waals surface area contributed by atoms with E-state index >= 15 is 0 Å². The first-order chi connectivity index (χ1) is 17.0. The molecule has 3 aromatic rings. The third-order valence-electron chi connectivity index (χ3n) is 5.98. The summed E-state index contributed by atoms with van der Waals surface area (Å²) < 4.78 is 25.2. The van der Waals surface area contributed by atoms with Gasteiger partial charge in [-0.1, -0.05) is 23.8 Å². The number of aliphatic hydroxyl groups is 1. The standard InChI is InChI=1S/C27H35N3O5/c1-22-4-7-24(8-5-22)35-20-27(31)18-30(13-15-33-19-27)17-23-6-9-25(32-2)26(16-23)34-14-3-11-29-12-10-28-21-29/h4-10,12,16,21,31H,3,11,13-15,17-20H2,1-2H3. The summed E-state index contributed by atoms with van der Waals surface area (Å²) in [5.74, 6) is 2.17. The van der Waals surface area contributed by atoms with Crippen LogP contribution in [-0.2, 0) is 17.8 Å². The molecule has 1 aromatic heterocycles. The van der Waals surface area contributed by atoms with Crippen LogP contribution in [0.3, 0.4) is 0 Å². The Labute approximate surface area is 207 Å². The second kappa shape index (κ2) is 12.1. The molecule has 0 bridgehead atoms. The lowest BCUT2D eigenvalue weighted by atomic mass is 10.1. The Balaban J connectivity index is 1.34. The first kappa shape index (κ1) is 25.0. The Morgan fingerprint density at radius 3 is 2.74 bits per heavy atom. The molecule has 0 aliphatic carbocycles. The number of methoxy groups -OCH3 is 1. The van der Waals surface area contributed by atoms with Crippen molar-refractivity contribution in [2.45, 2.75) is 32.0 Å².